The van der Waals surface area contributed by atoms with E-state index < -0.39 is 8.32 Å². The molecule has 33 heavy (non-hydrogen) atoms. The molecule has 7 nitrogen and oxygen atoms in total. The molecule has 5 rings (SSSR count). The van der Waals surface area contributed by atoms with E-state index in [4.69, 9.17) is 9.16 Å². The third kappa shape index (κ3) is 3.78. The monoisotopic (exact) mass is 462 g/mol. The normalized spacial score (nSPS) is 19.4. The van der Waals surface area contributed by atoms with E-state index in [0.29, 0.717) is 17.8 Å². The van der Waals surface area contributed by atoms with E-state index in [1.165, 1.54) is 10.4 Å². The number of benzene rings is 2. The Labute approximate surface area is 193 Å². The number of hydrogen-bond acceptors (Lipinski definition) is 4. The van der Waals surface area contributed by atoms with Crippen LogP contribution in [0.15, 0.2) is 71.8 Å². The number of H-pyrrole nitrogens is 2. The second-order valence-corrected chi connectivity index (χ2v) is 14.0. The molecule has 0 aliphatic carbocycles. The number of ether oxygens (including phenoxy) is 1. The summed E-state index contributed by atoms with van der Waals surface area (Å²) in [5.74, 6) is 0. The van der Waals surface area contributed by atoms with Crippen LogP contribution in [0.25, 0.3) is 11.2 Å². The van der Waals surface area contributed by atoms with E-state index in [-0.39, 0.29) is 22.9 Å². The minimum Gasteiger partial charge on any atom is -0.405 e. The molecular formula is C25H30N4O3Si. The largest absolute Gasteiger partial charge is 0.405 e. The molecule has 2 aromatic heterocycles. The minimum atomic E-state index is -2.60. The third-order valence-corrected chi connectivity index (χ3v) is 11.6. The van der Waals surface area contributed by atoms with Crippen LogP contribution in [-0.4, -0.2) is 40.8 Å². The Morgan fingerprint density at radius 3 is 2.27 bits per heavy atom. The van der Waals surface area contributed by atoms with E-state index in [1.54, 1.807) is 6.33 Å². The summed E-state index contributed by atoms with van der Waals surface area (Å²) in [6, 6.07) is 21.3. The van der Waals surface area contributed by atoms with Crippen molar-refractivity contribution in [1.29, 1.82) is 0 Å². The first-order valence-corrected chi connectivity index (χ1v) is 13.3. The molecule has 2 N–H and O–H groups in total. The van der Waals surface area contributed by atoms with Gasteiger partial charge in [0.05, 0.1) is 19.0 Å². The molecule has 0 radical (unpaired) electrons. The topological polar surface area (TPSA) is 84.9 Å². The molecular weight excluding hydrogens is 432 g/mol. The van der Waals surface area contributed by atoms with Gasteiger partial charge in [0.1, 0.15) is 6.23 Å². The zero-order valence-electron chi connectivity index (χ0n) is 19.2. The number of imidazole rings is 1. The Bertz CT molecular complexity index is 1230. The maximum Gasteiger partial charge on any atom is 0.292 e. The predicted octanol–water partition coefficient (Wildman–Crippen LogP) is 3.31. The second-order valence-electron chi connectivity index (χ2n) is 9.69. The highest BCUT2D eigenvalue weighted by atomic mass is 28.4. The van der Waals surface area contributed by atoms with Crippen LogP contribution in [0, 0.1) is 0 Å². The first kappa shape index (κ1) is 21.9. The van der Waals surface area contributed by atoms with Crippen molar-refractivity contribution in [2.24, 2.45) is 0 Å². The lowest BCUT2D eigenvalue weighted by Gasteiger charge is -2.43. The van der Waals surface area contributed by atoms with E-state index >= 15 is 0 Å². The summed E-state index contributed by atoms with van der Waals surface area (Å²) in [4.78, 5) is 16.1. The average molecular weight is 463 g/mol. The first-order chi connectivity index (χ1) is 15.9. The Morgan fingerprint density at radius 1 is 1.03 bits per heavy atom. The quantitative estimate of drug-likeness (QED) is 0.431. The summed E-state index contributed by atoms with van der Waals surface area (Å²) < 4.78 is 15.3. The van der Waals surface area contributed by atoms with Crippen molar-refractivity contribution in [2.45, 2.75) is 51.0 Å². The molecule has 0 bridgehead atoms. The van der Waals surface area contributed by atoms with Gasteiger partial charge in [-0.2, -0.15) is 0 Å². The maximum absolute atomic E-state index is 11.8. The van der Waals surface area contributed by atoms with Gasteiger partial charge in [0.2, 0.25) is 0 Å². The minimum absolute atomic E-state index is 0.0280. The SMILES string of the molecule is CC(C)(C)[Si](OC[C@@H]1CC[C@H](n2cnc3c(=O)[nH][nH]c32)O1)(c1ccccc1)c1ccccc1. The zero-order valence-corrected chi connectivity index (χ0v) is 20.2. The molecule has 1 aliphatic heterocycles. The van der Waals surface area contributed by atoms with Gasteiger partial charge in [-0.1, -0.05) is 81.4 Å². The Hall–Kier alpha value is -2.94. The molecule has 1 aliphatic rings. The highest BCUT2D eigenvalue weighted by Crippen LogP contribution is 2.38. The Balaban J connectivity index is 1.42. The molecule has 1 fully saturated rings. The zero-order chi connectivity index (χ0) is 23.1. The van der Waals surface area contributed by atoms with Crippen molar-refractivity contribution >= 4 is 29.9 Å². The van der Waals surface area contributed by atoms with Crippen molar-refractivity contribution in [3.8, 4) is 0 Å². The molecule has 0 amide bonds. The van der Waals surface area contributed by atoms with Crippen molar-refractivity contribution < 1.29 is 9.16 Å². The van der Waals surface area contributed by atoms with Crippen molar-refractivity contribution in [2.75, 3.05) is 6.61 Å². The number of aromatic nitrogens is 4. The Kier molecular flexibility index (Phi) is 5.60. The molecule has 2 aromatic carbocycles. The highest BCUT2D eigenvalue weighted by Gasteiger charge is 2.50. The fourth-order valence-electron chi connectivity index (χ4n) is 5.04. The summed E-state index contributed by atoms with van der Waals surface area (Å²) in [7, 11) is -2.60. The van der Waals surface area contributed by atoms with Crippen molar-refractivity contribution in [3.05, 3.63) is 77.3 Å². The van der Waals surface area contributed by atoms with Gasteiger partial charge in [-0.3, -0.25) is 19.6 Å². The van der Waals surface area contributed by atoms with Crippen LogP contribution in [0.5, 0.6) is 0 Å². The van der Waals surface area contributed by atoms with Gasteiger partial charge in [0.25, 0.3) is 13.9 Å². The number of aromatic amines is 2. The number of nitrogens with zero attached hydrogens (tertiary/aromatic N) is 2. The summed E-state index contributed by atoms with van der Waals surface area (Å²) in [6.07, 6.45) is 3.20. The summed E-state index contributed by atoms with van der Waals surface area (Å²) >= 11 is 0. The lowest BCUT2D eigenvalue weighted by Crippen LogP contribution is -2.67. The number of hydrogen-bond donors (Lipinski definition) is 2. The van der Waals surface area contributed by atoms with Gasteiger partial charge in [-0.05, 0) is 28.3 Å². The Morgan fingerprint density at radius 2 is 1.67 bits per heavy atom. The predicted molar refractivity (Wildman–Crippen MR) is 131 cm³/mol. The van der Waals surface area contributed by atoms with Crippen LogP contribution in [0.1, 0.15) is 39.8 Å². The second kappa shape index (κ2) is 8.44. The van der Waals surface area contributed by atoms with Gasteiger partial charge in [-0.15, -0.1) is 0 Å². The smallest absolute Gasteiger partial charge is 0.292 e. The van der Waals surface area contributed by atoms with E-state index in [2.05, 4.69) is 96.6 Å². The average Bonchev–Trinajstić information content (AvgIpc) is 3.53. The fourth-order valence-corrected chi connectivity index (χ4v) is 9.63. The van der Waals surface area contributed by atoms with Crippen LogP contribution in [-0.2, 0) is 9.16 Å². The number of nitrogens with one attached hydrogen (secondary N) is 2. The summed E-state index contributed by atoms with van der Waals surface area (Å²) in [5, 5.41) is 7.95. The van der Waals surface area contributed by atoms with Gasteiger partial charge in [0, 0.05) is 0 Å². The van der Waals surface area contributed by atoms with E-state index in [1.807, 2.05) is 4.57 Å². The number of rotatable bonds is 6. The molecule has 3 heterocycles. The molecule has 8 heteroatoms. The lowest BCUT2D eigenvalue weighted by atomic mass is 10.2. The van der Waals surface area contributed by atoms with E-state index in [9.17, 15) is 4.79 Å². The highest BCUT2D eigenvalue weighted by molar-refractivity contribution is 6.99. The molecule has 4 aromatic rings. The van der Waals surface area contributed by atoms with E-state index in [0.717, 1.165) is 12.8 Å². The summed E-state index contributed by atoms with van der Waals surface area (Å²) in [5.41, 5.74) is 0.859. The van der Waals surface area contributed by atoms with Crippen LogP contribution >= 0.6 is 0 Å². The molecule has 2 atom stereocenters. The van der Waals surface area contributed by atoms with Crippen LogP contribution in [0.3, 0.4) is 0 Å². The molecule has 172 valence electrons. The molecule has 0 saturated carbocycles. The fraction of sp³-hybridized carbons (Fsp3) is 0.360. The number of fused-ring (bicyclic) bond motifs is 1. The lowest BCUT2D eigenvalue weighted by molar-refractivity contribution is -0.0175. The maximum atomic E-state index is 11.8. The van der Waals surface area contributed by atoms with Crippen molar-refractivity contribution in [1.82, 2.24) is 19.7 Å². The van der Waals surface area contributed by atoms with Gasteiger partial charge < -0.3 is 9.16 Å². The van der Waals surface area contributed by atoms with Gasteiger partial charge in [0.15, 0.2) is 11.2 Å². The van der Waals surface area contributed by atoms with Crippen LogP contribution in [0.2, 0.25) is 5.04 Å². The van der Waals surface area contributed by atoms with Gasteiger partial charge >= 0.3 is 0 Å². The third-order valence-electron chi connectivity index (χ3n) is 6.60. The van der Waals surface area contributed by atoms with Crippen molar-refractivity contribution in [3.63, 3.8) is 0 Å². The molecule has 0 spiro atoms. The van der Waals surface area contributed by atoms with Crippen LogP contribution in [0.4, 0.5) is 0 Å². The summed E-state index contributed by atoms with van der Waals surface area (Å²) in [6.45, 7) is 7.36. The van der Waals surface area contributed by atoms with Gasteiger partial charge in [-0.25, -0.2) is 4.98 Å². The first-order valence-electron chi connectivity index (χ1n) is 11.4. The van der Waals surface area contributed by atoms with Crippen LogP contribution < -0.4 is 15.9 Å². The molecule has 0 unspecified atom stereocenters. The standard InChI is InChI=1S/C25H30N4O3Si/c1-25(2,3)33(19-10-6-4-7-11-19,20-12-8-5-9-13-20)31-16-18-14-15-21(32-18)29-17-26-22-23(29)27-28-24(22)30/h4-13,17-18,21H,14-16H2,1-3H3,(H2,27,28,30)/t18-,21+/m0/s1. The molecule has 1 saturated heterocycles.